The molecule has 0 radical (unpaired) electrons. The molecule has 0 aromatic heterocycles. The lowest BCUT2D eigenvalue weighted by Gasteiger charge is -2.40. The van der Waals surface area contributed by atoms with Crippen LogP contribution in [0.15, 0.2) is 12.2 Å². The smallest absolute Gasteiger partial charge is 0.317 e. The van der Waals surface area contributed by atoms with Gasteiger partial charge in [0.05, 0.1) is 0 Å². The SMILES string of the molecule is CC(=O)/C=C\C(=O)O[Si](C(C)C)(C(C)C)C(C)C. The van der Waals surface area contributed by atoms with Gasteiger partial charge >= 0.3 is 5.97 Å². The van der Waals surface area contributed by atoms with Gasteiger partial charge in [0, 0.05) is 6.08 Å². The summed E-state index contributed by atoms with van der Waals surface area (Å²) in [5, 5.41) is 0. The molecule has 0 aliphatic carbocycles. The van der Waals surface area contributed by atoms with Crippen LogP contribution in [0, 0.1) is 0 Å². The first-order valence-electron chi connectivity index (χ1n) is 6.56. The summed E-state index contributed by atoms with van der Waals surface area (Å²) in [6.07, 6.45) is 2.51. The summed E-state index contributed by atoms with van der Waals surface area (Å²) in [7, 11) is -2.17. The first-order valence-corrected chi connectivity index (χ1v) is 8.70. The highest BCUT2D eigenvalue weighted by atomic mass is 28.4. The van der Waals surface area contributed by atoms with Crippen molar-refractivity contribution in [3.05, 3.63) is 12.2 Å². The number of carbonyl (C=O) groups is 2. The highest BCUT2D eigenvalue weighted by Crippen LogP contribution is 2.42. The van der Waals surface area contributed by atoms with Crippen LogP contribution in [0.5, 0.6) is 0 Å². The Morgan fingerprint density at radius 3 is 1.56 bits per heavy atom. The maximum atomic E-state index is 11.8. The summed E-state index contributed by atoms with van der Waals surface area (Å²) in [6, 6.07) is 0. The molecule has 0 saturated heterocycles. The number of hydrogen-bond donors (Lipinski definition) is 0. The Morgan fingerprint density at radius 2 is 1.28 bits per heavy atom. The zero-order valence-corrected chi connectivity index (χ0v) is 13.6. The Hall–Kier alpha value is -0.903. The predicted octanol–water partition coefficient (Wildman–Crippen LogP) is 3.85. The minimum Gasteiger partial charge on any atom is -0.515 e. The molecule has 0 aromatic rings. The second kappa shape index (κ2) is 6.88. The van der Waals surface area contributed by atoms with Gasteiger partial charge in [-0.25, -0.2) is 4.79 Å². The first-order chi connectivity index (χ1) is 8.14. The molecule has 0 unspecified atom stereocenters. The van der Waals surface area contributed by atoms with E-state index in [0.29, 0.717) is 16.6 Å². The van der Waals surface area contributed by atoms with Gasteiger partial charge < -0.3 is 4.43 Å². The van der Waals surface area contributed by atoms with E-state index < -0.39 is 8.32 Å². The fourth-order valence-corrected chi connectivity index (χ4v) is 7.87. The minimum absolute atomic E-state index is 0.141. The van der Waals surface area contributed by atoms with Crippen LogP contribution in [0.25, 0.3) is 0 Å². The van der Waals surface area contributed by atoms with Crippen molar-refractivity contribution in [1.82, 2.24) is 0 Å². The van der Waals surface area contributed by atoms with E-state index in [1.807, 2.05) is 0 Å². The van der Waals surface area contributed by atoms with Crippen LogP contribution in [-0.2, 0) is 14.0 Å². The number of hydrogen-bond acceptors (Lipinski definition) is 3. The van der Waals surface area contributed by atoms with Crippen LogP contribution in [0.3, 0.4) is 0 Å². The Morgan fingerprint density at radius 1 is 0.889 bits per heavy atom. The Kier molecular flexibility index (Phi) is 6.53. The van der Waals surface area contributed by atoms with Crippen molar-refractivity contribution in [2.24, 2.45) is 0 Å². The molecule has 0 N–H and O–H groups in total. The van der Waals surface area contributed by atoms with Crippen molar-refractivity contribution in [2.75, 3.05) is 0 Å². The fourth-order valence-electron chi connectivity index (χ4n) is 2.75. The molecule has 0 saturated carbocycles. The summed E-state index contributed by atoms with van der Waals surface area (Å²) >= 11 is 0. The van der Waals surface area contributed by atoms with Crippen LogP contribution in [0.4, 0.5) is 0 Å². The molecule has 0 heterocycles. The Labute approximate surface area is 112 Å². The average Bonchev–Trinajstić information content (AvgIpc) is 2.21. The van der Waals surface area contributed by atoms with Gasteiger partial charge in [-0.15, -0.1) is 0 Å². The van der Waals surface area contributed by atoms with Crippen molar-refractivity contribution in [3.8, 4) is 0 Å². The maximum absolute atomic E-state index is 11.8. The Balaban J connectivity index is 5.13. The molecule has 0 aliphatic rings. The molecule has 0 aliphatic heterocycles. The third-order valence-electron chi connectivity index (χ3n) is 3.44. The molecule has 3 nitrogen and oxygen atoms in total. The average molecular weight is 270 g/mol. The van der Waals surface area contributed by atoms with Crippen molar-refractivity contribution in [3.63, 3.8) is 0 Å². The van der Waals surface area contributed by atoms with Gasteiger partial charge in [0.2, 0.25) is 0 Å². The van der Waals surface area contributed by atoms with E-state index in [2.05, 4.69) is 41.5 Å². The van der Waals surface area contributed by atoms with E-state index in [-0.39, 0.29) is 11.8 Å². The van der Waals surface area contributed by atoms with Crippen molar-refractivity contribution >= 4 is 20.1 Å². The summed E-state index contributed by atoms with van der Waals surface area (Å²) in [6.45, 7) is 14.1. The number of allylic oxidation sites excluding steroid dienone is 1. The molecule has 0 fully saturated rings. The van der Waals surface area contributed by atoms with Gasteiger partial charge in [0.1, 0.15) is 0 Å². The van der Waals surface area contributed by atoms with Crippen LogP contribution in [0.2, 0.25) is 16.6 Å². The molecule has 0 atom stereocenters. The van der Waals surface area contributed by atoms with E-state index in [0.717, 1.165) is 0 Å². The van der Waals surface area contributed by atoms with Crippen LogP contribution in [-0.4, -0.2) is 20.1 Å². The molecule has 0 spiro atoms. The molecule has 0 bridgehead atoms. The van der Waals surface area contributed by atoms with E-state index in [1.54, 1.807) is 0 Å². The second-order valence-corrected chi connectivity index (χ2v) is 11.1. The summed E-state index contributed by atoms with van der Waals surface area (Å²) in [4.78, 5) is 22.7. The van der Waals surface area contributed by atoms with Crippen molar-refractivity contribution < 1.29 is 14.0 Å². The van der Waals surface area contributed by atoms with E-state index in [9.17, 15) is 9.59 Å². The lowest BCUT2D eigenvalue weighted by molar-refractivity contribution is -0.130. The largest absolute Gasteiger partial charge is 0.515 e. The maximum Gasteiger partial charge on any atom is 0.317 e. The van der Waals surface area contributed by atoms with Crippen LogP contribution >= 0.6 is 0 Å². The lowest BCUT2D eigenvalue weighted by Crippen LogP contribution is -2.49. The molecule has 4 heteroatoms. The van der Waals surface area contributed by atoms with E-state index in [4.69, 9.17) is 4.43 Å². The first kappa shape index (κ1) is 17.1. The molecule has 0 aromatic carbocycles. The highest BCUT2D eigenvalue weighted by Gasteiger charge is 2.47. The highest BCUT2D eigenvalue weighted by molar-refractivity contribution is 6.79. The minimum atomic E-state index is -2.17. The van der Waals surface area contributed by atoms with Crippen molar-refractivity contribution in [2.45, 2.75) is 65.1 Å². The monoisotopic (exact) mass is 270 g/mol. The summed E-state index contributed by atoms with van der Waals surface area (Å²) in [5.74, 6) is -0.522. The molecular formula is C14H26O3Si. The standard InChI is InChI=1S/C14H26O3Si/c1-10(2)18(11(3)4,12(5)6)17-14(16)9-8-13(7)15/h8-12H,1-7H3/b9-8-. The Bertz CT molecular complexity index is 308. The van der Waals surface area contributed by atoms with Gasteiger partial charge in [-0.2, -0.15) is 0 Å². The number of rotatable bonds is 6. The molecule has 0 rings (SSSR count). The second-order valence-electron chi connectivity index (χ2n) is 5.68. The third-order valence-corrected chi connectivity index (χ3v) is 9.41. The zero-order valence-electron chi connectivity index (χ0n) is 12.6. The van der Waals surface area contributed by atoms with Gasteiger partial charge in [0.25, 0.3) is 8.32 Å². The molecule has 18 heavy (non-hydrogen) atoms. The van der Waals surface area contributed by atoms with Gasteiger partial charge in [-0.05, 0) is 29.6 Å². The summed E-state index contributed by atoms with van der Waals surface area (Å²) < 4.78 is 5.83. The number of carbonyl (C=O) groups excluding carboxylic acids is 2. The van der Waals surface area contributed by atoms with Crippen molar-refractivity contribution in [1.29, 1.82) is 0 Å². The van der Waals surface area contributed by atoms with E-state index >= 15 is 0 Å². The van der Waals surface area contributed by atoms with Gasteiger partial charge in [0.15, 0.2) is 5.78 Å². The fraction of sp³-hybridized carbons (Fsp3) is 0.714. The van der Waals surface area contributed by atoms with Crippen LogP contribution in [0.1, 0.15) is 48.5 Å². The van der Waals surface area contributed by atoms with Gasteiger partial charge in [-0.3, -0.25) is 4.79 Å². The van der Waals surface area contributed by atoms with Crippen LogP contribution < -0.4 is 0 Å². The normalized spacial score (nSPS) is 12.8. The van der Waals surface area contributed by atoms with E-state index in [1.165, 1.54) is 19.1 Å². The van der Waals surface area contributed by atoms with Gasteiger partial charge in [-0.1, -0.05) is 41.5 Å². The summed E-state index contributed by atoms with van der Waals surface area (Å²) in [5.41, 5.74) is 1.06. The molecule has 104 valence electrons. The quantitative estimate of drug-likeness (QED) is 0.544. The third kappa shape index (κ3) is 4.09. The topological polar surface area (TPSA) is 43.4 Å². The molecular weight excluding hydrogens is 244 g/mol. The predicted molar refractivity (Wildman–Crippen MR) is 77.0 cm³/mol. The number of ketones is 1. The lowest BCUT2D eigenvalue weighted by atomic mass is 10.4. The zero-order chi connectivity index (χ0) is 14.5. The molecule has 0 amide bonds.